The van der Waals surface area contributed by atoms with Gasteiger partial charge in [-0.25, -0.2) is 0 Å². The second kappa shape index (κ2) is 7.70. The lowest BCUT2D eigenvalue weighted by Gasteiger charge is -2.27. The molecule has 6 rings (SSSR count). The third-order valence-corrected chi connectivity index (χ3v) is 7.63. The van der Waals surface area contributed by atoms with Crippen molar-refractivity contribution in [2.75, 3.05) is 0 Å². The third-order valence-electron chi connectivity index (χ3n) is 7.28. The Morgan fingerprint density at radius 3 is 2.06 bits per heavy atom. The standard InChI is InChI=1S/C28H20ClNO5/c1-15-10-12-16(13-11-15)14-30-26(33)21-22(27(30)34)28(35-23(21)19-8-4-5-9-20(19)29)24(31)17-6-2-3-7-18(17)25(28)32/h2-13,21-23H,14H2,1H3/t21-,22+,23+/m1/s1. The van der Waals surface area contributed by atoms with Gasteiger partial charge in [0, 0.05) is 21.7 Å². The molecule has 2 amide bonds. The zero-order valence-corrected chi connectivity index (χ0v) is 19.5. The van der Waals surface area contributed by atoms with Crippen LogP contribution < -0.4 is 0 Å². The van der Waals surface area contributed by atoms with Crippen molar-refractivity contribution in [1.82, 2.24) is 4.90 Å². The number of ketones is 2. The summed E-state index contributed by atoms with van der Waals surface area (Å²) in [7, 11) is 0. The van der Waals surface area contributed by atoms with E-state index in [-0.39, 0.29) is 17.7 Å². The van der Waals surface area contributed by atoms with Gasteiger partial charge in [-0.15, -0.1) is 0 Å². The number of imide groups is 1. The molecule has 2 heterocycles. The first-order valence-electron chi connectivity index (χ1n) is 11.4. The first-order chi connectivity index (χ1) is 16.8. The lowest BCUT2D eigenvalue weighted by molar-refractivity contribution is -0.145. The molecular weight excluding hydrogens is 466 g/mol. The van der Waals surface area contributed by atoms with Crippen LogP contribution in [0.4, 0.5) is 0 Å². The molecule has 0 N–H and O–H groups in total. The maximum atomic E-state index is 13.8. The largest absolute Gasteiger partial charge is 0.349 e. The van der Waals surface area contributed by atoms with E-state index in [4.69, 9.17) is 16.3 Å². The van der Waals surface area contributed by atoms with Gasteiger partial charge in [0.05, 0.1) is 24.5 Å². The predicted molar refractivity (Wildman–Crippen MR) is 127 cm³/mol. The number of ether oxygens (including phenoxy) is 1. The summed E-state index contributed by atoms with van der Waals surface area (Å²) in [6, 6.07) is 20.8. The number of hydrogen-bond acceptors (Lipinski definition) is 5. The van der Waals surface area contributed by atoms with Crippen LogP contribution in [0, 0.1) is 18.8 Å². The summed E-state index contributed by atoms with van der Waals surface area (Å²) in [5.74, 6) is -4.53. The minimum atomic E-state index is -2.09. The fourth-order valence-electron chi connectivity index (χ4n) is 5.60. The van der Waals surface area contributed by atoms with Crippen LogP contribution in [-0.2, 0) is 20.9 Å². The Morgan fingerprint density at radius 1 is 0.829 bits per heavy atom. The summed E-state index contributed by atoms with van der Waals surface area (Å²) in [4.78, 5) is 56.2. The molecule has 7 heteroatoms. The van der Waals surface area contributed by atoms with Crippen LogP contribution in [0.25, 0.3) is 0 Å². The normalized spacial score (nSPS) is 24.4. The van der Waals surface area contributed by atoms with Crippen molar-refractivity contribution in [3.8, 4) is 0 Å². The predicted octanol–water partition coefficient (Wildman–Crippen LogP) is 4.34. The van der Waals surface area contributed by atoms with E-state index in [1.807, 2.05) is 31.2 Å². The Kier molecular flexibility index (Phi) is 4.82. The van der Waals surface area contributed by atoms with E-state index in [0.29, 0.717) is 10.6 Å². The van der Waals surface area contributed by atoms with Gasteiger partial charge >= 0.3 is 0 Å². The molecule has 2 saturated heterocycles. The number of likely N-dealkylation sites (tertiary alicyclic amines) is 1. The molecule has 3 aliphatic rings. The average molecular weight is 486 g/mol. The van der Waals surface area contributed by atoms with Gasteiger partial charge in [-0.05, 0) is 18.6 Å². The zero-order valence-electron chi connectivity index (χ0n) is 18.7. The molecule has 0 bridgehead atoms. The fraction of sp³-hybridized carbons (Fsp3) is 0.214. The Hall–Kier alpha value is -3.61. The number of aryl methyl sites for hydroxylation is 1. The second-order valence-electron chi connectivity index (χ2n) is 9.25. The molecule has 0 saturated carbocycles. The Balaban J connectivity index is 1.49. The summed E-state index contributed by atoms with van der Waals surface area (Å²) >= 11 is 6.46. The molecule has 0 radical (unpaired) electrons. The molecular formula is C28H20ClNO5. The van der Waals surface area contributed by atoms with Gasteiger partial charge in [-0.3, -0.25) is 24.1 Å². The number of carbonyl (C=O) groups excluding carboxylic acids is 4. The van der Waals surface area contributed by atoms with Crippen LogP contribution in [0.5, 0.6) is 0 Å². The first-order valence-corrected chi connectivity index (χ1v) is 11.7. The highest BCUT2D eigenvalue weighted by atomic mass is 35.5. The van der Waals surface area contributed by atoms with Gasteiger partial charge in [-0.1, -0.05) is 83.9 Å². The van der Waals surface area contributed by atoms with Crippen molar-refractivity contribution in [2.45, 2.75) is 25.2 Å². The molecule has 35 heavy (non-hydrogen) atoms. The Bertz CT molecular complexity index is 1390. The topological polar surface area (TPSA) is 80.8 Å². The smallest absolute Gasteiger partial charge is 0.237 e. The van der Waals surface area contributed by atoms with Crippen molar-refractivity contribution in [2.24, 2.45) is 11.8 Å². The highest BCUT2D eigenvalue weighted by Crippen LogP contribution is 2.58. The first kappa shape index (κ1) is 21.9. The molecule has 1 aliphatic carbocycles. The quantitative estimate of drug-likeness (QED) is 0.407. The fourth-order valence-corrected chi connectivity index (χ4v) is 5.84. The average Bonchev–Trinajstić information content (AvgIpc) is 3.42. The van der Waals surface area contributed by atoms with Crippen LogP contribution in [-0.4, -0.2) is 33.9 Å². The van der Waals surface area contributed by atoms with Gasteiger partial charge in [0.2, 0.25) is 29.0 Å². The minimum absolute atomic E-state index is 0.0472. The lowest BCUT2D eigenvalue weighted by atomic mass is 9.77. The molecule has 3 aromatic carbocycles. The molecule has 0 unspecified atom stereocenters. The van der Waals surface area contributed by atoms with Crippen LogP contribution in [0.1, 0.15) is 43.5 Å². The third kappa shape index (κ3) is 2.93. The summed E-state index contributed by atoms with van der Waals surface area (Å²) in [5, 5.41) is 0.334. The van der Waals surface area contributed by atoms with E-state index in [1.165, 1.54) is 0 Å². The number of benzene rings is 3. The monoisotopic (exact) mass is 485 g/mol. The van der Waals surface area contributed by atoms with Crippen LogP contribution in [0.15, 0.2) is 72.8 Å². The Labute approximate surface area is 206 Å². The maximum absolute atomic E-state index is 13.8. The maximum Gasteiger partial charge on any atom is 0.237 e. The van der Waals surface area contributed by atoms with Gasteiger partial charge in [-0.2, -0.15) is 0 Å². The van der Waals surface area contributed by atoms with Crippen molar-refractivity contribution < 1.29 is 23.9 Å². The van der Waals surface area contributed by atoms with Crippen molar-refractivity contribution in [3.05, 3.63) is 106 Å². The number of carbonyl (C=O) groups is 4. The lowest BCUT2D eigenvalue weighted by Crippen LogP contribution is -2.50. The van der Waals surface area contributed by atoms with Crippen molar-refractivity contribution in [1.29, 1.82) is 0 Å². The van der Waals surface area contributed by atoms with Gasteiger partial charge in [0.1, 0.15) is 0 Å². The van der Waals surface area contributed by atoms with E-state index < -0.39 is 46.9 Å². The van der Waals surface area contributed by atoms with Gasteiger partial charge in [0.25, 0.3) is 0 Å². The highest BCUT2D eigenvalue weighted by Gasteiger charge is 2.74. The van der Waals surface area contributed by atoms with Gasteiger partial charge < -0.3 is 4.74 Å². The number of amides is 2. The molecule has 2 fully saturated rings. The number of Topliss-reactive ketones (excluding diaryl/α,β-unsaturated/α-hetero) is 2. The summed E-state index contributed by atoms with van der Waals surface area (Å²) in [6.07, 6.45) is -1.02. The number of fused-ring (bicyclic) bond motifs is 3. The number of rotatable bonds is 3. The van der Waals surface area contributed by atoms with Gasteiger partial charge in [0.15, 0.2) is 0 Å². The number of halogens is 1. The van der Waals surface area contributed by atoms with Crippen molar-refractivity contribution in [3.63, 3.8) is 0 Å². The van der Waals surface area contributed by atoms with Crippen LogP contribution in [0.3, 0.4) is 0 Å². The number of nitrogens with zero attached hydrogens (tertiary/aromatic N) is 1. The molecule has 2 aliphatic heterocycles. The molecule has 3 atom stereocenters. The minimum Gasteiger partial charge on any atom is -0.349 e. The summed E-state index contributed by atoms with van der Waals surface area (Å²) in [5.41, 5.74) is 0.606. The Morgan fingerprint density at radius 2 is 1.43 bits per heavy atom. The van der Waals surface area contributed by atoms with E-state index in [2.05, 4.69) is 0 Å². The summed E-state index contributed by atoms with van der Waals surface area (Å²) in [6.45, 7) is 2.00. The molecule has 1 spiro atoms. The van der Waals surface area contributed by atoms with Crippen LogP contribution >= 0.6 is 11.6 Å². The molecule has 6 nitrogen and oxygen atoms in total. The van der Waals surface area contributed by atoms with E-state index in [1.54, 1.807) is 48.5 Å². The SMILES string of the molecule is Cc1ccc(CN2C(=O)[C@@H]3[C@@H](C2=O)C2(O[C@H]3c3ccccc3Cl)C(=O)c3ccccc3C2=O)cc1. The van der Waals surface area contributed by atoms with E-state index in [0.717, 1.165) is 16.0 Å². The van der Waals surface area contributed by atoms with Crippen LogP contribution in [0.2, 0.25) is 5.02 Å². The molecule has 0 aromatic heterocycles. The molecule has 174 valence electrons. The highest BCUT2D eigenvalue weighted by molar-refractivity contribution is 6.35. The van der Waals surface area contributed by atoms with Crippen molar-refractivity contribution >= 4 is 35.0 Å². The molecule has 3 aromatic rings. The summed E-state index contributed by atoms with van der Waals surface area (Å²) < 4.78 is 6.25. The zero-order chi connectivity index (χ0) is 24.5. The van der Waals surface area contributed by atoms with E-state index in [9.17, 15) is 19.2 Å². The number of hydrogen-bond donors (Lipinski definition) is 0. The second-order valence-corrected chi connectivity index (χ2v) is 9.66. The van der Waals surface area contributed by atoms with E-state index >= 15 is 0 Å².